The zero-order valence-corrected chi connectivity index (χ0v) is 13.5. The number of ether oxygens (including phenoxy) is 2. The highest BCUT2D eigenvalue weighted by molar-refractivity contribution is 5.80. The van der Waals surface area contributed by atoms with Gasteiger partial charge in [0.2, 0.25) is 0 Å². The van der Waals surface area contributed by atoms with Gasteiger partial charge in [0.05, 0.1) is 5.41 Å². The fraction of sp³-hybridized carbons (Fsp3) is 0.444. The molecular formula is C18H22O4. The van der Waals surface area contributed by atoms with Gasteiger partial charge in [0.15, 0.2) is 12.2 Å². The summed E-state index contributed by atoms with van der Waals surface area (Å²) >= 11 is 0. The van der Waals surface area contributed by atoms with Crippen LogP contribution in [0.15, 0.2) is 30.3 Å². The molecule has 0 saturated heterocycles. The van der Waals surface area contributed by atoms with Crippen LogP contribution in [-0.4, -0.2) is 18.5 Å². The van der Waals surface area contributed by atoms with E-state index in [1.807, 2.05) is 25.1 Å². The van der Waals surface area contributed by atoms with Gasteiger partial charge in [-0.1, -0.05) is 43.2 Å². The van der Waals surface area contributed by atoms with Gasteiger partial charge in [-0.25, -0.2) is 4.79 Å². The van der Waals surface area contributed by atoms with Crippen LogP contribution in [0, 0.1) is 17.8 Å². The molecule has 1 aromatic rings. The molecule has 1 unspecified atom stereocenters. The molecule has 0 saturated carbocycles. The lowest BCUT2D eigenvalue weighted by atomic mass is 9.91. The Hall–Kier alpha value is -2.28. The van der Waals surface area contributed by atoms with Gasteiger partial charge in [0.1, 0.15) is 0 Å². The summed E-state index contributed by atoms with van der Waals surface area (Å²) in [6, 6.07) is 9.01. The summed E-state index contributed by atoms with van der Waals surface area (Å²) in [5, 5.41) is 0. The SMILES string of the molecule is C#CC(C)(OC(=O)COC(=O)C(C)(C)CC)c1ccccc1. The fourth-order valence-electron chi connectivity index (χ4n) is 1.65. The lowest BCUT2D eigenvalue weighted by Gasteiger charge is -2.25. The van der Waals surface area contributed by atoms with Crippen molar-refractivity contribution < 1.29 is 19.1 Å². The van der Waals surface area contributed by atoms with E-state index in [2.05, 4.69) is 5.92 Å². The van der Waals surface area contributed by atoms with Gasteiger partial charge >= 0.3 is 11.9 Å². The minimum Gasteiger partial charge on any atom is -0.453 e. The maximum atomic E-state index is 11.9. The normalized spacial score (nSPS) is 13.6. The van der Waals surface area contributed by atoms with E-state index < -0.39 is 29.6 Å². The molecule has 0 heterocycles. The Kier molecular flexibility index (Phi) is 5.76. The van der Waals surface area contributed by atoms with Crippen molar-refractivity contribution in [2.24, 2.45) is 5.41 Å². The summed E-state index contributed by atoms with van der Waals surface area (Å²) < 4.78 is 10.3. The van der Waals surface area contributed by atoms with E-state index >= 15 is 0 Å². The number of benzene rings is 1. The molecule has 1 aromatic carbocycles. The summed E-state index contributed by atoms with van der Waals surface area (Å²) in [7, 11) is 0. The van der Waals surface area contributed by atoms with Crippen molar-refractivity contribution >= 4 is 11.9 Å². The summed E-state index contributed by atoms with van der Waals surface area (Å²) in [6.45, 7) is 6.57. The smallest absolute Gasteiger partial charge is 0.346 e. The summed E-state index contributed by atoms with van der Waals surface area (Å²) in [6.07, 6.45) is 6.12. The minimum absolute atomic E-state index is 0.436. The van der Waals surface area contributed by atoms with Crippen LogP contribution in [-0.2, 0) is 24.7 Å². The molecule has 0 aliphatic heterocycles. The van der Waals surface area contributed by atoms with Gasteiger partial charge in [-0.3, -0.25) is 4.79 Å². The van der Waals surface area contributed by atoms with Gasteiger partial charge in [0, 0.05) is 5.56 Å². The van der Waals surface area contributed by atoms with Crippen molar-refractivity contribution in [1.82, 2.24) is 0 Å². The second kappa shape index (κ2) is 7.13. The van der Waals surface area contributed by atoms with Crippen LogP contribution in [0.25, 0.3) is 0 Å². The molecule has 0 aromatic heterocycles. The zero-order valence-electron chi connectivity index (χ0n) is 13.5. The predicted octanol–water partition coefficient (Wildman–Crippen LogP) is 3.06. The molecular weight excluding hydrogens is 280 g/mol. The van der Waals surface area contributed by atoms with Crippen LogP contribution in [0.4, 0.5) is 0 Å². The third kappa shape index (κ3) is 4.36. The van der Waals surface area contributed by atoms with E-state index in [1.165, 1.54) is 0 Å². The predicted molar refractivity (Wildman–Crippen MR) is 83.8 cm³/mol. The van der Waals surface area contributed by atoms with E-state index in [4.69, 9.17) is 15.9 Å². The molecule has 118 valence electrons. The van der Waals surface area contributed by atoms with Crippen LogP contribution >= 0.6 is 0 Å². The summed E-state index contributed by atoms with van der Waals surface area (Å²) in [5.74, 6) is 1.36. The van der Waals surface area contributed by atoms with Crippen molar-refractivity contribution in [1.29, 1.82) is 0 Å². The third-order valence-corrected chi connectivity index (χ3v) is 3.68. The second-order valence-corrected chi connectivity index (χ2v) is 5.83. The van der Waals surface area contributed by atoms with Gasteiger partial charge in [-0.15, -0.1) is 6.42 Å². The molecule has 0 amide bonds. The van der Waals surface area contributed by atoms with E-state index in [9.17, 15) is 9.59 Å². The largest absolute Gasteiger partial charge is 0.453 e. The summed E-state index contributed by atoms with van der Waals surface area (Å²) in [5.41, 5.74) is -1.13. The minimum atomic E-state index is -1.19. The van der Waals surface area contributed by atoms with Crippen molar-refractivity contribution in [2.45, 2.75) is 39.7 Å². The second-order valence-electron chi connectivity index (χ2n) is 5.83. The highest BCUT2D eigenvalue weighted by Gasteiger charge is 2.31. The Morgan fingerprint density at radius 1 is 1.18 bits per heavy atom. The molecule has 4 nitrogen and oxygen atoms in total. The molecule has 0 radical (unpaired) electrons. The van der Waals surface area contributed by atoms with Crippen LogP contribution in [0.3, 0.4) is 0 Å². The first-order valence-corrected chi connectivity index (χ1v) is 7.17. The molecule has 1 atom stereocenters. The maximum Gasteiger partial charge on any atom is 0.346 e. The Morgan fingerprint density at radius 2 is 1.77 bits per heavy atom. The molecule has 0 aliphatic rings. The van der Waals surface area contributed by atoms with E-state index in [0.717, 1.165) is 0 Å². The first-order chi connectivity index (χ1) is 10.2. The highest BCUT2D eigenvalue weighted by Crippen LogP contribution is 2.25. The number of hydrogen-bond donors (Lipinski definition) is 0. The van der Waals surface area contributed by atoms with Gasteiger partial charge in [-0.2, -0.15) is 0 Å². The molecule has 0 fully saturated rings. The lowest BCUT2D eigenvalue weighted by molar-refractivity contribution is -0.170. The Morgan fingerprint density at radius 3 is 2.27 bits per heavy atom. The van der Waals surface area contributed by atoms with Crippen LogP contribution in [0.2, 0.25) is 0 Å². The number of carbonyl (C=O) groups is 2. The average molecular weight is 302 g/mol. The number of rotatable bonds is 6. The van der Waals surface area contributed by atoms with Crippen molar-refractivity contribution in [3.63, 3.8) is 0 Å². The Bertz CT molecular complexity index is 568. The van der Waals surface area contributed by atoms with Gasteiger partial charge < -0.3 is 9.47 Å². The van der Waals surface area contributed by atoms with Gasteiger partial charge in [0.25, 0.3) is 0 Å². The molecule has 22 heavy (non-hydrogen) atoms. The third-order valence-electron chi connectivity index (χ3n) is 3.68. The number of terminal acetylenes is 1. The topological polar surface area (TPSA) is 52.6 Å². The molecule has 4 heteroatoms. The Labute approximate surface area is 131 Å². The summed E-state index contributed by atoms with van der Waals surface area (Å²) in [4.78, 5) is 23.8. The van der Waals surface area contributed by atoms with Crippen molar-refractivity contribution in [2.75, 3.05) is 6.61 Å². The first kappa shape index (κ1) is 17.8. The molecule has 0 aliphatic carbocycles. The van der Waals surface area contributed by atoms with E-state index in [1.54, 1.807) is 32.9 Å². The maximum absolute atomic E-state index is 11.9. The number of esters is 2. The monoisotopic (exact) mass is 302 g/mol. The quantitative estimate of drug-likeness (QED) is 0.598. The highest BCUT2D eigenvalue weighted by atomic mass is 16.6. The standard InChI is InChI=1S/C18H22O4/c1-6-17(3,4)16(20)21-13-15(19)22-18(5,7-2)14-11-9-8-10-12-14/h2,8-12H,6,13H2,1,3-5H3. The van der Waals surface area contributed by atoms with E-state index in [-0.39, 0.29) is 0 Å². The Balaban J connectivity index is 2.68. The molecule has 0 N–H and O–H groups in total. The van der Waals surface area contributed by atoms with Crippen molar-refractivity contribution in [3.05, 3.63) is 35.9 Å². The zero-order chi connectivity index (χ0) is 16.8. The lowest BCUT2D eigenvalue weighted by Crippen LogP contribution is -2.32. The van der Waals surface area contributed by atoms with Crippen molar-refractivity contribution in [3.8, 4) is 12.3 Å². The van der Waals surface area contributed by atoms with Gasteiger partial charge in [-0.05, 0) is 27.2 Å². The van der Waals surface area contributed by atoms with Crippen LogP contribution < -0.4 is 0 Å². The van der Waals surface area contributed by atoms with E-state index in [0.29, 0.717) is 12.0 Å². The average Bonchev–Trinajstić information content (AvgIpc) is 2.53. The first-order valence-electron chi connectivity index (χ1n) is 7.17. The molecule has 0 bridgehead atoms. The number of hydrogen-bond acceptors (Lipinski definition) is 4. The van der Waals surface area contributed by atoms with Crippen LogP contribution in [0.1, 0.15) is 39.7 Å². The fourth-order valence-corrected chi connectivity index (χ4v) is 1.65. The molecule has 1 rings (SSSR count). The van der Waals surface area contributed by atoms with Crippen LogP contribution in [0.5, 0.6) is 0 Å². The molecule has 0 spiro atoms. The number of carbonyl (C=O) groups excluding carboxylic acids is 2.